The number of amides is 2. The predicted octanol–water partition coefficient (Wildman–Crippen LogP) is 10.5. The Bertz CT molecular complexity index is 2580. The monoisotopic (exact) mass is 902 g/mol. The lowest BCUT2D eigenvalue weighted by atomic mass is 10.00. The number of hydrogen-bond acceptors (Lipinski definition) is 6. The molecule has 3 fully saturated rings. The molecule has 4 heterocycles. The number of piperidine rings is 2. The van der Waals surface area contributed by atoms with Crippen LogP contribution in [0.4, 0.5) is 0 Å². The Kier molecular flexibility index (Phi) is 14.5. The quantitative estimate of drug-likeness (QED) is 0.136. The Morgan fingerprint density at radius 1 is 0.625 bits per heavy atom. The summed E-state index contributed by atoms with van der Waals surface area (Å²) in [6.07, 6.45) is 9.57. The lowest BCUT2D eigenvalue weighted by molar-refractivity contribution is 0.0596. The van der Waals surface area contributed by atoms with Gasteiger partial charge >= 0.3 is 0 Å². The maximum atomic E-state index is 13.2. The first kappa shape index (κ1) is 45.8. The van der Waals surface area contributed by atoms with Crippen molar-refractivity contribution in [2.24, 2.45) is 0 Å². The molecule has 0 spiro atoms. The molecule has 0 unspecified atom stereocenters. The topological polar surface area (TPSA) is 82.7 Å². The van der Waals surface area contributed by atoms with E-state index in [2.05, 4.69) is 54.9 Å². The number of hydrogen-bond donors (Lipinski definition) is 0. The van der Waals surface area contributed by atoms with E-state index >= 15 is 0 Å². The summed E-state index contributed by atoms with van der Waals surface area (Å²) >= 11 is 13.3. The van der Waals surface area contributed by atoms with Gasteiger partial charge in [-0.25, -0.2) is 9.97 Å². The molecule has 2 saturated heterocycles. The molecule has 10 nitrogen and oxygen atoms in total. The summed E-state index contributed by atoms with van der Waals surface area (Å²) in [5.41, 5.74) is 7.43. The van der Waals surface area contributed by atoms with Crippen molar-refractivity contribution in [3.63, 3.8) is 0 Å². The van der Waals surface area contributed by atoms with E-state index in [1.54, 1.807) is 0 Å². The van der Waals surface area contributed by atoms with Crippen LogP contribution in [0.15, 0.2) is 84.9 Å². The third kappa shape index (κ3) is 10.1. The number of nitrogens with zero attached hydrogens (tertiary/aromatic N) is 8. The number of imidazole rings is 2. The van der Waals surface area contributed by atoms with Crippen LogP contribution in [0.1, 0.15) is 109 Å². The number of likely N-dealkylation sites (tertiary alicyclic amines) is 2. The lowest BCUT2D eigenvalue weighted by Crippen LogP contribution is -2.48. The number of fused-ring (bicyclic) bond motifs is 2. The fourth-order valence-corrected chi connectivity index (χ4v) is 10.7. The number of para-hydroxylation sites is 4. The van der Waals surface area contributed by atoms with Crippen LogP contribution in [0.25, 0.3) is 22.1 Å². The fraction of sp³-hybridized carbons (Fsp3) is 0.462. The summed E-state index contributed by atoms with van der Waals surface area (Å²) in [7, 11) is 3.86. The molecular weight excluding hydrogens is 840 g/mol. The van der Waals surface area contributed by atoms with Gasteiger partial charge in [-0.05, 0) is 126 Å². The average Bonchev–Trinajstić information content (AvgIpc) is 4.04. The number of benzene rings is 4. The van der Waals surface area contributed by atoms with Gasteiger partial charge in [-0.15, -0.1) is 0 Å². The summed E-state index contributed by atoms with van der Waals surface area (Å²) in [5.74, 6) is 2.01. The van der Waals surface area contributed by atoms with Crippen molar-refractivity contribution in [2.45, 2.75) is 116 Å². The van der Waals surface area contributed by atoms with Crippen LogP contribution in [-0.2, 0) is 13.1 Å². The van der Waals surface area contributed by atoms with Gasteiger partial charge in [0.25, 0.3) is 11.8 Å². The van der Waals surface area contributed by atoms with Crippen molar-refractivity contribution < 1.29 is 9.59 Å². The van der Waals surface area contributed by atoms with Crippen LogP contribution in [0.3, 0.4) is 0 Å². The zero-order valence-corrected chi connectivity index (χ0v) is 40.0. The molecule has 2 aliphatic heterocycles. The standard InChI is InChI=1S/C27H33ClN4O.C25H31ClN4O/c1-19-29-25-9-5-6-10-26(25)32(19)18-21-12-11-20(17-24(21)28)27(33)30(2)22-13-15-31(16-14-22)23-7-3-4-8-23;1-17(2)29-13-11-21(12-14-29)28(4)25(31)19-9-10-20(22(26)15-19)16-30-18(3)27-23-7-5-6-8-24(23)30/h5-6,9-12,17,22-23H,3-4,7-8,13-16,18H2,1-2H3;5-10,15,17,21H,11-14,16H2,1-4H3. The second kappa shape index (κ2) is 20.2. The largest absolute Gasteiger partial charge is 0.339 e. The van der Waals surface area contributed by atoms with Crippen LogP contribution in [0.2, 0.25) is 10.0 Å². The van der Waals surface area contributed by atoms with E-state index in [1.807, 2.05) is 111 Å². The molecule has 12 heteroatoms. The van der Waals surface area contributed by atoms with Crippen molar-refractivity contribution in [1.82, 2.24) is 38.7 Å². The molecule has 9 rings (SSSR count). The molecule has 338 valence electrons. The number of aromatic nitrogens is 4. The molecule has 0 atom stereocenters. The minimum atomic E-state index is 0.0423. The van der Waals surface area contributed by atoms with Gasteiger partial charge in [0.2, 0.25) is 0 Å². The molecule has 2 aromatic heterocycles. The summed E-state index contributed by atoms with van der Waals surface area (Å²) in [4.78, 5) is 44.6. The molecule has 1 saturated carbocycles. The number of rotatable bonds is 10. The zero-order chi connectivity index (χ0) is 45.1. The Morgan fingerprint density at radius 3 is 1.47 bits per heavy atom. The van der Waals surface area contributed by atoms with Gasteiger partial charge in [0.05, 0.1) is 35.2 Å². The van der Waals surface area contributed by atoms with E-state index in [-0.39, 0.29) is 17.9 Å². The highest BCUT2D eigenvalue weighted by Gasteiger charge is 2.31. The summed E-state index contributed by atoms with van der Waals surface area (Å²) in [6.45, 7) is 14.0. The Balaban J connectivity index is 0.000000175. The molecule has 6 aromatic rings. The third-order valence-corrected chi connectivity index (χ3v) is 15.0. The molecule has 3 aliphatic rings. The molecule has 0 bridgehead atoms. The fourth-order valence-electron chi connectivity index (χ4n) is 10.2. The van der Waals surface area contributed by atoms with Gasteiger partial charge < -0.3 is 28.7 Å². The van der Waals surface area contributed by atoms with Gasteiger partial charge in [-0.1, -0.05) is 72.4 Å². The molecular formula is C52H64Cl2N8O2. The van der Waals surface area contributed by atoms with Gasteiger partial charge in [0.15, 0.2) is 0 Å². The highest BCUT2D eigenvalue weighted by Crippen LogP contribution is 2.30. The smallest absolute Gasteiger partial charge is 0.253 e. The molecule has 64 heavy (non-hydrogen) atoms. The second-order valence-corrected chi connectivity index (χ2v) is 19.3. The first-order chi connectivity index (χ1) is 30.9. The Hall–Kier alpha value is -4.74. The van der Waals surface area contributed by atoms with E-state index < -0.39 is 0 Å². The molecule has 1 aliphatic carbocycles. The van der Waals surface area contributed by atoms with E-state index in [0.717, 1.165) is 103 Å². The molecule has 0 radical (unpaired) electrons. The normalized spacial score (nSPS) is 17.0. The maximum Gasteiger partial charge on any atom is 0.253 e. The van der Waals surface area contributed by atoms with Crippen LogP contribution in [0.5, 0.6) is 0 Å². The van der Waals surface area contributed by atoms with Crippen LogP contribution < -0.4 is 0 Å². The van der Waals surface area contributed by atoms with Crippen molar-refractivity contribution in [3.8, 4) is 0 Å². The zero-order valence-electron chi connectivity index (χ0n) is 38.4. The van der Waals surface area contributed by atoms with E-state index in [9.17, 15) is 9.59 Å². The Labute approximate surface area is 389 Å². The first-order valence-corrected chi connectivity index (χ1v) is 24.0. The van der Waals surface area contributed by atoms with Crippen LogP contribution in [0, 0.1) is 13.8 Å². The molecule has 2 amide bonds. The van der Waals surface area contributed by atoms with Crippen molar-refractivity contribution in [1.29, 1.82) is 0 Å². The number of aryl methyl sites for hydroxylation is 2. The maximum absolute atomic E-state index is 13.2. The van der Waals surface area contributed by atoms with Crippen LogP contribution >= 0.6 is 23.2 Å². The highest BCUT2D eigenvalue weighted by molar-refractivity contribution is 6.32. The van der Waals surface area contributed by atoms with Crippen LogP contribution in [-0.4, -0.2) is 115 Å². The molecule has 4 aromatic carbocycles. The summed E-state index contributed by atoms with van der Waals surface area (Å²) in [6, 6.07) is 29.6. The number of carbonyl (C=O) groups excluding carboxylic acids is 2. The second-order valence-electron chi connectivity index (χ2n) is 18.5. The molecule has 0 N–H and O–H groups in total. The third-order valence-electron chi connectivity index (χ3n) is 14.3. The van der Waals surface area contributed by atoms with Crippen molar-refractivity contribution >= 4 is 57.1 Å². The van der Waals surface area contributed by atoms with Gasteiger partial charge in [-0.3, -0.25) is 9.59 Å². The minimum absolute atomic E-state index is 0.0423. The van der Waals surface area contributed by atoms with Crippen molar-refractivity contribution in [2.75, 3.05) is 40.3 Å². The first-order valence-electron chi connectivity index (χ1n) is 23.3. The average molecular weight is 904 g/mol. The van der Waals surface area contributed by atoms with Gasteiger partial charge in [0, 0.05) is 85.6 Å². The minimum Gasteiger partial charge on any atom is -0.339 e. The van der Waals surface area contributed by atoms with Gasteiger partial charge in [0.1, 0.15) is 11.6 Å². The Morgan fingerprint density at radius 2 is 1.05 bits per heavy atom. The SMILES string of the molecule is Cc1nc2ccccc2n1Cc1ccc(C(=O)N(C)C2CCN(C(C)C)CC2)cc1Cl.Cc1nc2ccccc2n1Cc1ccc(C(=O)N(C)C2CCN(C3CCCC3)CC2)cc1Cl. The van der Waals surface area contributed by atoms with E-state index in [0.29, 0.717) is 46.3 Å². The predicted molar refractivity (Wildman–Crippen MR) is 261 cm³/mol. The number of carbonyl (C=O) groups is 2. The summed E-state index contributed by atoms with van der Waals surface area (Å²) < 4.78 is 4.33. The number of halogens is 2. The van der Waals surface area contributed by atoms with E-state index in [4.69, 9.17) is 23.2 Å². The van der Waals surface area contributed by atoms with E-state index in [1.165, 1.54) is 25.7 Å². The highest BCUT2D eigenvalue weighted by atomic mass is 35.5. The lowest BCUT2D eigenvalue weighted by Gasteiger charge is -2.39. The van der Waals surface area contributed by atoms with Gasteiger partial charge in [-0.2, -0.15) is 0 Å². The van der Waals surface area contributed by atoms with Crippen molar-refractivity contribution in [3.05, 3.63) is 129 Å². The summed E-state index contributed by atoms with van der Waals surface area (Å²) in [5, 5.41) is 1.24.